The lowest BCUT2D eigenvalue weighted by Crippen LogP contribution is -2.22. The fraction of sp³-hybridized carbons (Fsp3) is 0.533. The summed E-state index contributed by atoms with van der Waals surface area (Å²) in [5.74, 6) is 1.34. The van der Waals surface area contributed by atoms with Crippen molar-refractivity contribution < 1.29 is 9.53 Å². The van der Waals surface area contributed by atoms with Crippen LogP contribution in [-0.2, 0) is 0 Å². The third-order valence-electron chi connectivity index (χ3n) is 3.62. The molecular weight excluding hydrogens is 240 g/mol. The molecule has 4 nitrogen and oxygen atoms in total. The first kappa shape index (κ1) is 13.7. The maximum atomic E-state index is 11.7. The normalized spacial score (nSPS) is 14.8. The van der Waals surface area contributed by atoms with Gasteiger partial charge in [-0.15, -0.1) is 0 Å². The fourth-order valence-corrected chi connectivity index (χ4v) is 2.18. The Morgan fingerprint density at radius 3 is 2.89 bits per heavy atom. The van der Waals surface area contributed by atoms with E-state index in [1.807, 2.05) is 6.92 Å². The first-order valence-electron chi connectivity index (χ1n) is 7.01. The monoisotopic (exact) mass is 262 g/mol. The molecule has 1 amide bonds. The first-order valence-corrected chi connectivity index (χ1v) is 7.01. The molecule has 0 unspecified atom stereocenters. The number of nitrogens with one attached hydrogen (secondary N) is 1. The number of hydrogen-bond donors (Lipinski definition) is 2. The van der Waals surface area contributed by atoms with Gasteiger partial charge in [0.15, 0.2) is 0 Å². The maximum Gasteiger partial charge on any atom is 0.251 e. The van der Waals surface area contributed by atoms with Crippen molar-refractivity contribution in [2.24, 2.45) is 5.92 Å². The van der Waals surface area contributed by atoms with Gasteiger partial charge in [0.2, 0.25) is 0 Å². The number of carbonyl (C=O) groups is 1. The topological polar surface area (TPSA) is 64.4 Å². The Bertz CT molecular complexity index is 442. The molecule has 0 aliphatic heterocycles. The summed E-state index contributed by atoms with van der Waals surface area (Å²) >= 11 is 0. The van der Waals surface area contributed by atoms with E-state index >= 15 is 0 Å². The molecule has 0 aromatic heterocycles. The Hall–Kier alpha value is -1.71. The minimum atomic E-state index is -0.0913. The molecule has 1 aromatic rings. The molecule has 2 rings (SSSR count). The maximum absolute atomic E-state index is 11.7. The second-order valence-corrected chi connectivity index (χ2v) is 5.05. The van der Waals surface area contributed by atoms with Crippen molar-refractivity contribution in [1.29, 1.82) is 0 Å². The van der Waals surface area contributed by atoms with Gasteiger partial charge in [0.25, 0.3) is 5.91 Å². The summed E-state index contributed by atoms with van der Waals surface area (Å²) in [6, 6.07) is 5.17. The highest BCUT2D eigenvalue weighted by Gasteiger charge is 2.17. The largest absolute Gasteiger partial charge is 0.491 e. The van der Waals surface area contributed by atoms with Crippen LogP contribution in [-0.4, -0.2) is 19.1 Å². The molecule has 0 spiro atoms. The SMILES string of the molecule is CCNC(=O)c1ccc(N)c(OCCC2CCC2)c1. The Balaban J connectivity index is 1.93. The van der Waals surface area contributed by atoms with Crippen molar-refractivity contribution in [3.05, 3.63) is 23.8 Å². The summed E-state index contributed by atoms with van der Waals surface area (Å²) in [6.45, 7) is 3.18. The molecule has 104 valence electrons. The molecule has 4 heteroatoms. The van der Waals surface area contributed by atoms with Crippen LogP contribution in [0.25, 0.3) is 0 Å². The van der Waals surface area contributed by atoms with Gasteiger partial charge in [-0.3, -0.25) is 4.79 Å². The van der Waals surface area contributed by atoms with Crippen LogP contribution in [0.15, 0.2) is 18.2 Å². The zero-order valence-corrected chi connectivity index (χ0v) is 11.4. The summed E-state index contributed by atoms with van der Waals surface area (Å²) < 4.78 is 5.71. The predicted octanol–water partition coefficient (Wildman–Crippen LogP) is 2.59. The van der Waals surface area contributed by atoms with Crippen molar-refractivity contribution >= 4 is 11.6 Å². The van der Waals surface area contributed by atoms with Crippen molar-refractivity contribution in [2.75, 3.05) is 18.9 Å². The summed E-state index contributed by atoms with van der Waals surface area (Å²) in [6.07, 6.45) is 5.06. The van der Waals surface area contributed by atoms with Crippen molar-refractivity contribution in [3.63, 3.8) is 0 Å². The second kappa shape index (κ2) is 6.45. The number of rotatable bonds is 6. The third-order valence-corrected chi connectivity index (χ3v) is 3.62. The van der Waals surface area contributed by atoms with Gasteiger partial charge >= 0.3 is 0 Å². The van der Waals surface area contributed by atoms with E-state index in [2.05, 4.69) is 5.32 Å². The molecule has 1 saturated carbocycles. The van der Waals surface area contributed by atoms with Gasteiger partial charge in [-0.1, -0.05) is 19.3 Å². The molecule has 1 fully saturated rings. The molecule has 1 aromatic carbocycles. The molecule has 1 aliphatic rings. The third kappa shape index (κ3) is 3.63. The van der Waals surface area contributed by atoms with Crippen LogP contribution in [0.1, 0.15) is 43.0 Å². The van der Waals surface area contributed by atoms with E-state index in [1.54, 1.807) is 18.2 Å². The zero-order chi connectivity index (χ0) is 13.7. The van der Waals surface area contributed by atoms with Crippen LogP contribution in [0.4, 0.5) is 5.69 Å². The number of amides is 1. The van der Waals surface area contributed by atoms with Crippen LogP contribution >= 0.6 is 0 Å². The van der Waals surface area contributed by atoms with Crippen LogP contribution in [0.3, 0.4) is 0 Å². The lowest BCUT2D eigenvalue weighted by molar-refractivity contribution is 0.0955. The van der Waals surface area contributed by atoms with E-state index in [-0.39, 0.29) is 5.91 Å². The molecule has 3 N–H and O–H groups in total. The Morgan fingerprint density at radius 2 is 2.26 bits per heavy atom. The van der Waals surface area contributed by atoms with Gasteiger partial charge in [-0.25, -0.2) is 0 Å². The van der Waals surface area contributed by atoms with E-state index in [0.717, 1.165) is 12.3 Å². The summed E-state index contributed by atoms with van der Waals surface area (Å²) in [4.78, 5) is 11.7. The van der Waals surface area contributed by atoms with Gasteiger partial charge in [0.05, 0.1) is 12.3 Å². The van der Waals surface area contributed by atoms with Gasteiger partial charge in [0.1, 0.15) is 5.75 Å². The number of nitrogen functional groups attached to an aromatic ring is 1. The lowest BCUT2D eigenvalue weighted by atomic mass is 9.83. The number of nitrogens with two attached hydrogens (primary N) is 1. The Morgan fingerprint density at radius 1 is 1.47 bits per heavy atom. The van der Waals surface area contributed by atoms with Crippen LogP contribution < -0.4 is 15.8 Å². The number of benzene rings is 1. The van der Waals surface area contributed by atoms with Gasteiger partial charge < -0.3 is 15.8 Å². The highest BCUT2D eigenvalue weighted by Crippen LogP contribution is 2.30. The van der Waals surface area contributed by atoms with Crippen LogP contribution in [0, 0.1) is 5.92 Å². The minimum Gasteiger partial charge on any atom is -0.491 e. The van der Waals surface area contributed by atoms with Gasteiger partial charge in [-0.2, -0.15) is 0 Å². The highest BCUT2D eigenvalue weighted by molar-refractivity contribution is 5.95. The quantitative estimate of drug-likeness (QED) is 0.774. The standard InChI is InChI=1S/C15H22N2O2/c1-2-17-15(18)12-6-7-13(16)14(10-12)19-9-8-11-4-3-5-11/h6-7,10-11H,2-5,8-9,16H2,1H3,(H,17,18). The van der Waals surface area contributed by atoms with Crippen molar-refractivity contribution in [2.45, 2.75) is 32.6 Å². The smallest absolute Gasteiger partial charge is 0.251 e. The van der Waals surface area contributed by atoms with Gasteiger partial charge in [0, 0.05) is 12.1 Å². The molecular formula is C15H22N2O2. The highest BCUT2D eigenvalue weighted by atomic mass is 16.5. The molecule has 1 aliphatic carbocycles. The molecule has 0 heterocycles. The van der Waals surface area contributed by atoms with Crippen LogP contribution in [0.2, 0.25) is 0 Å². The average Bonchev–Trinajstić information content (AvgIpc) is 2.34. The predicted molar refractivity (Wildman–Crippen MR) is 76.3 cm³/mol. The Labute approximate surface area is 114 Å². The average molecular weight is 262 g/mol. The summed E-state index contributed by atoms with van der Waals surface area (Å²) in [5, 5.41) is 2.77. The van der Waals surface area contributed by atoms with E-state index in [1.165, 1.54) is 19.3 Å². The number of ether oxygens (including phenoxy) is 1. The number of carbonyl (C=O) groups excluding carboxylic acids is 1. The summed E-state index contributed by atoms with van der Waals surface area (Å²) in [5.41, 5.74) is 7.05. The van der Waals surface area contributed by atoms with Crippen molar-refractivity contribution in [1.82, 2.24) is 5.32 Å². The Kier molecular flexibility index (Phi) is 4.66. The van der Waals surface area contributed by atoms with Gasteiger partial charge in [-0.05, 0) is 37.5 Å². The first-order chi connectivity index (χ1) is 9.20. The van der Waals surface area contributed by atoms with E-state index in [9.17, 15) is 4.79 Å². The van der Waals surface area contributed by atoms with Crippen LogP contribution in [0.5, 0.6) is 5.75 Å². The molecule has 0 radical (unpaired) electrons. The van der Waals surface area contributed by atoms with E-state index in [0.29, 0.717) is 30.2 Å². The number of hydrogen-bond acceptors (Lipinski definition) is 3. The molecule has 19 heavy (non-hydrogen) atoms. The van der Waals surface area contributed by atoms with E-state index in [4.69, 9.17) is 10.5 Å². The summed E-state index contributed by atoms with van der Waals surface area (Å²) in [7, 11) is 0. The minimum absolute atomic E-state index is 0.0913. The van der Waals surface area contributed by atoms with E-state index < -0.39 is 0 Å². The van der Waals surface area contributed by atoms with Crippen molar-refractivity contribution in [3.8, 4) is 5.75 Å². The zero-order valence-electron chi connectivity index (χ0n) is 11.4. The molecule has 0 atom stereocenters. The number of anilines is 1. The lowest BCUT2D eigenvalue weighted by Gasteiger charge is -2.25. The molecule has 0 saturated heterocycles. The molecule has 0 bridgehead atoms. The second-order valence-electron chi connectivity index (χ2n) is 5.05. The fourth-order valence-electron chi connectivity index (χ4n) is 2.18.